The van der Waals surface area contributed by atoms with Gasteiger partial charge in [-0.1, -0.05) is 35.8 Å². The molecule has 0 aromatic heterocycles. The van der Waals surface area contributed by atoms with Crippen LogP contribution in [-0.4, -0.2) is 40.5 Å². The summed E-state index contributed by atoms with van der Waals surface area (Å²) in [5.74, 6) is 0. The Morgan fingerprint density at radius 1 is 1.32 bits per heavy atom. The first-order valence-corrected chi connectivity index (χ1v) is 8.30. The molecule has 0 unspecified atom stereocenters. The van der Waals surface area contributed by atoms with Crippen LogP contribution in [0, 0.1) is 5.41 Å². The number of nitrogens with one attached hydrogen (secondary N) is 1. The number of hydrogen-bond donors (Lipinski definition) is 1. The van der Waals surface area contributed by atoms with Gasteiger partial charge in [0.25, 0.3) is 0 Å². The van der Waals surface area contributed by atoms with Gasteiger partial charge in [0.1, 0.15) is 0 Å². The Morgan fingerprint density at radius 2 is 1.95 bits per heavy atom. The summed E-state index contributed by atoms with van der Waals surface area (Å²) in [6.45, 7) is 5.29. The van der Waals surface area contributed by atoms with E-state index < -0.39 is 10.0 Å². The number of rotatable bonds is 6. The van der Waals surface area contributed by atoms with E-state index in [-0.39, 0.29) is 10.3 Å². The van der Waals surface area contributed by atoms with Gasteiger partial charge in [0.15, 0.2) is 0 Å². The minimum Gasteiger partial charge on any atom is -0.309 e. The van der Waals surface area contributed by atoms with Crippen LogP contribution in [0.3, 0.4) is 0 Å². The molecule has 0 fully saturated rings. The van der Waals surface area contributed by atoms with Crippen molar-refractivity contribution >= 4 is 26.0 Å². The van der Waals surface area contributed by atoms with Crippen LogP contribution in [0.25, 0.3) is 0 Å². The molecule has 0 aliphatic rings. The first-order valence-electron chi connectivity index (χ1n) is 6.02. The van der Waals surface area contributed by atoms with Crippen LogP contribution >= 0.6 is 15.9 Å². The van der Waals surface area contributed by atoms with Crippen molar-refractivity contribution in [2.45, 2.75) is 18.7 Å². The molecule has 0 radical (unpaired) electrons. The molecule has 0 bridgehead atoms. The van der Waals surface area contributed by atoms with Crippen molar-refractivity contribution in [1.82, 2.24) is 9.62 Å². The van der Waals surface area contributed by atoms with Crippen molar-refractivity contribution in [2.24, 2.45) is 5.41 Å². The average Bonchev–Trinajstić information content (AvgIpc) is 2.25. The number of hydrogen-bond acceptors (Lipinski definition) is 3. The number of benzene rings is 1. The lowest BCUT2D eigenvalue weighted by Gasteiger charge is -2.28. The highest BCUT2D eigenvalue weighted by Crippen LogP contribution is 2.18. The second-order valence-corrected chi connectivity index (χ2v) is 8.37. The summed E-state index contributed by atoms with van der Waals surface area (Å²) in [4.78, 5) is 2.33. The lowest BCUT2D eigenvalue weighted by molar-refractivity contribution is 0.242. The number of nitrogens with zero attached hydrogens (tertiary/aromatic N) is 1. The summed E-state index contributed by atoms with van der Waals surface area (Å²) in [5, 5.41) is 0. The zero-order valence-electron chi connectivity index (χ0n) is 11.8. The Labute approximate surface area is 124 Å². The maximum Gasteiger partial charge on any atom is 0.240 e. The van der Waals surface area contributed by atoms with Crippen molar-refractivity contribution in [3.8, 4) is 0 Å². The molecule has 0 atom stereocenters. The minimum atomic E-state index is -3.45. The third kappa shape index (κ3) is 5.60. The van der Waals surface area contributed by atoms with Gasteiger partial charge in [0.2, 0.25) is 10.0 Å². The van der Waals surface area contributed by atoms with Gasteiger partial charge in [-0.15, -0.1) is 0 Å². The summed E-state index contributed by atoms with van der Waals surface area (Å²) < 4.78 is 27.8. The molecule has 0 heterocycles. The third-order valence-corrected chi connectivity index (χ3v) is 4.48. The highest BCUT2D eigenvalue weighted by atomic mass is 79.9. The zero-order chi connectivity index (χ0) is 14.7. The fourth-order valence-corrected chi connectivity index (χ4v) is 3.76. The first kappa shape index (κ1) is 16.6. The average molecular weight is 349 g/mol. The van der Waals surface area contributed by atoms with Crippen LogP contribution in [0.5, 0.6) is 0 Å². The van der Waals surface area contributed by atoms with Gasteiger partial charge < -0.3 is 4.90 Å². The molecule has 0 saturated carbocycles. The molecule has 1 rings (SSSR count). The van der Waals surface area contributed by atoms with Crippen molar-refractivity contribution in [3.63, 3.8) is 0 Å². The molecule has 19 heavy (non-hydrogen) atoms. The predicted octanol–water partition coefficient (Wildman–Crippen LogP) is 2.32. The predicted molar refractivity (Wildman–Crippen MR) is 81.7 cm³/mol. The molecule has 0 amide bonds. The van der Waals surface area contributed by atoms with Crippen LogP contribution in [-0.2, 0) is 10.0 Å². The van der Waals surface area contributed by atoms with Gasteiger partial charge in [-0.25, -0.2) is 13.1 Å². The largest absolute Gasteiger partial charge is 0.309 e. The van der Waals surface area contributed by atoms with Crippen LogP contribution < -0.4 is 4.72 Å². The van der Waals surface area contributed by atoms with Crippen molar-refractivity contribution in [1.29, 1.82) is 0 Å². The molecule has 6 heteroatoms. The van der Waals surface area contributed by atoms with Crippen molar-refractivity contribution in [2.75, 3.05) is 27.2 Å². The maximum absolute atomic E-state index is 12.2. The molecule has 0 aliphatic carbocycles. The van der Waals surface area contributed by atoms with Gasteiger partial charge in [-0.05, 0) is 37.7 Å². The Morgan fingerprint density at radius 3 is 2.47 bits per heavy atom. The standard InChI is InChI=1S/C13H21BrN2O2S/c1-13(2,10-16(3)4)9-15-19(17,18)12-7-5-6-11(14)8-12/h5-8,15H,9-10H2,1-4H3. The second-order valence-electron chi connectivity index (χ2n) is 5.68. The highest BCUT2D eigenvalue weighted by Gasteiger charge is 2.23. The van der Waals surface area contributed by atoms with E-state index in [1.54, 1.807) is 24.3 Å². The quantitative estimate of drug-likeness (QED) is 0.858. The van der Waals surface area contributed by atoms with Gasteiger partial charge in [-0.2, -0.15) is 0 Å². The fourth-order valence-electron chi connectivity index (χ4n) is 1.92. The fraction of sp³-hybridized carbons (Fsp3) is 0.538. The minimum absolute atomic E-state index is 0.122. The van der Waals surface area contributed by atoms with E-state index in [4.69, 9.17) is 0 Å². The zero-order valence-corrected chi connectivity index (χ0v) is 14.2. The monoisotopic (exact) mass is 348 g/mol. The van der Waals surface area contributed by atoms with E-state index in [1.165, 1.54) is 0 Å². The van der Waals surface area contributed by atoms with E-state index in [1.807, 2.05) is 32.8 Å². The SMILES string of the molecule is CN(C)CC(C)(C)CNS(=O)(=O)c1cccc(Br)c1. The summed E-state index contributed by atoms with van der Waals surface area (Å²) in [6.07, 6.45) is 0. The van der Waals surface area contributed by atoms with Crippen LogP contribution in [0.1, 0.15) is 13.8 Å². The molecule has 108 valence electrons. The van der Waals surface area contributed by atoms with Crippen LogP contribution in [0.4, 0.5) is 0 Å². The van der Waals surface area contributed by atoms with E-state index in [0.717, 1.165) is 11.0 Å². The van der Waals surface area contributed by atoms with Crippen LogP contribution in [0.15, 0.2) is 33.6 Å². The highest BCUT2D eigenvalue weighted by molar-refractivity contribution is 9.10. The maximum atomic E-state index is 12.2. The summed E-state index contributed by atoms with van der Waals surface area (Å²) in [6, 6.07) is 6.70. The first-order chi connectivity index (χ1) is 8.62. The van der Waals surface area contributed by atoms with Gasteiger partial charge >= 0.3 is 0 Å². The topological polar surface area (TPSA) is 49.4 Å². The van der Waals surface area contributed by atoms with E-state index in [2.05, 4.69) is 20.7 Å². The second kappa shape index (κ2) is 6.35. The summed E-state index contributed by atoms with van der Waals surface area (Å²) in [5.41, 5.74) is -0.122. The lowest BCUT2D eigenvalue weighted by atomic mass is 9.93. The molecule has 1 N–H and O–H groups in total. The Balaban J connectivity index is 2.76. The van der Waals surface area contributed by atoms with E-state index in [0.29, 0.717) is 6.54 Å². The molecule has 0 spiro atoms. The van der Waals surface area contributed by atoms with Gasteiger partial charge in [0.05, 0.1) is 4.90 Å². The smallest absolute Gasteiger partial charge is 0.240 e. The molecule has 1 aromatic rings. The molecular weight excluding hydrogens is 328 g/mol. The van der Waals surface area contributed by atoms with E-state index >= 15 is 0 Å². The lowest BCUT2D eigenvalue weighted by Crippen LogP contribution is -2.39. The molecular formula is C13H21BrN2O2S. The summed E-state index contributed by atoms with van der Waals surface area (Å²) >= 11 is 3.28. The molecule has 0 aliphatic heterocycles. The third-order valence-electron chi connectivity index (χ3n) is 2.59. The summed E-state index contributed by atoms with van der Waals surface area (Å²) in [7, 11) is 0.503. The molecule has 4 nitrogen and oxygen atoms in total. The Bertz CT molecular complexity index is 527. The molecule has 0 saturated heterocycles. The number of halogens is 1. The van der Waals surface area contributed by atoms with Gasteiger partial charge in [-0.3, -0.25) is 0 Å². The molecule has 1 aromatic carbocycles. The van der Waals surface area contributed by atoms with Gasteiger partial charge in [0, 0.05) is 17.6 Å². The Hall–Kier alpha value is -0.430. The van der Waals surface area contributed by atoms with Crippen molar-refractivity contribution < 1.29 is 8.42 Å². The normalized spacial score (nSPS) is 12.9. The van der Waals surface area contributed by atoms with Crippen LogP contribution in [0.2, 0.25) is 0 Å². The Kier molecular flexibility index (Phi) is 5.55. The van der Waals surface area contributed by atoms with Crippen molar-refractivity contribution in [3.05, 3.63) is 28.7 Å². The van der Waals surface area contributed by atoms with E-state index in [9.17, 15) is 8.42 Å². The number of sulfonamides is 1.